The van der Waals surface area contributed by atoms with Crippen molar-refractivity contribution in [3.8, 4) is 5.69 Å². The summed E-state index contributed by atoms with van der Waals surface area (Å²) in [6.45, 7) is 1.87. The van der Waals surface area contributed by atoms with E-state index in [9.17, 15) is 40.7 Å². The van der Waals surface area contributed by atoms with Crippen LogP contribution < -0.4 is 15.1 Å². The first kappa shape index (κ1) is 32.9. The Hall–Kier alpha value is -5.05. The predicted molar refractivity (Wildman–Crippen MR) is 167 cm³/mol. The normalized spacial score (nSPS) is 20.3. The van der Waals surface area contributed by atoms with Gasteiger partial charge in [0.15, 0.2) is 4.87 Å². The Balaban J connectivity index is 1.49. The number of allylic oxidation sites excluding steroid dienone is 1. The number of likely N-dealkylation sites (N-methyl/N-ethyl adjacent to an activating group) is 2. The van der Waals surface area contributed by atoms with Gasteiger partial charge in [0.25, 0.3) is 17.7 Å². The van der Waals surface area contributed by atoms with Gasteiger partial charge in [-0.25, -0.2) is 4.68 Å². The van der Waals surface area contributed by atoms with Crippen LogP contribution in [0.1, 0.15) is 34.0 Å². The summed E-state index contributed by atoms with van der Waals surface area (Å²) in [5.74, 6) is -2.07. The number of rotatable bonds is 7. The number of carbonyl (C=O) groups is 3. The van der Waals surface area contributed by atoms with E-state index in [1.165, 1.54) is 36.3 Å². The molecule has 1 fully saturated rings. The van der Waals surface area contributed by atoms with E-state index in [0.29, 0.717) is 34.8 Å². The Morgan fingerprint density at radius 2 is 1.69 bits per heavy atom. The third kappa shape index (κ3) is 5.41. The molecule has 48 heavy (non-hydrogen) atoms. The molecule has 1 N–H and O–H groups in total. The smallest absolute Gasteiger partial charge is 0.328 e. The van der Waals surface area contributed by atoms with Gasteiger partial charge < -0.3 is 10.2 Å². The van der Waals surface area contributed by atoms with Gasteiger partial charge in [-0.3, -0.25) is 19.3 Å². The molecule has 2 aliphatic heterocycles. The first-order chi connectivity index (χ1) is 22.6. The molecule has 0 saturated carbocycles. The highest BCUT2D eigenvalue weighted by Gasteiger charge is 2.80. The molecule has 2 atom stereocenters. The molecule has 1 saturated heterocycles. The minimum absolute atomic E-state index is 0.144. The first-order valence-corrected chi connectivity index (χ1v) is 15.2. The first-order valence-electron chi connectivity index (χ1n) is 14.4. The lowest BCUT2D eigenvalue weighted by Crippen LogP contribution is -2.58. The average molecular weight is 686 g/mol. The molecule has 0 radical (unpaired) electrons. The van der Waals surface area contributed by atoms with Gasteiger partial charge in [0, 0.05) is 42.6 Å². The molecule has 0 unspecified atom stereocenters. The molecule has 4 aromatic rings. The van der Waals surface area contributed by atoms with Crippen molar-refractivity contribution < 1.29 is 40.7 Å². The van der Waals surface area contributed by atoms with Crippen LogP contribution in [-0.4, -0.2) is 52.1 Å². The largest absolute Gasteiger partial charge is 0.416 e. The Bertz CT molecular complexity index is 1960. The summed E-state index contributed by atoms with van der Waals surface area (Å²) in [6, 6.07) is 19.0. The zero-order valence-corrected chi connectivity index (χ0v) is 26.0. The second-order valence-corrected chi connectivity index (χ2v) is 12.4. The van der Waals surface area contributed by atoms with Crippen LogP contribution in [0.3, 0.4) is 0 Å². The van der Waals surface area contributed by atoms with Crippen molar-refractivity contribution in [1.29, 1.82) is 0 Å². The second kappa shape index (κ2) is 11.6. The molecule has 3 heterocycles. The van der Waals surface area contributed by atoms with Gasteiger partial charge in [-0.1, -0.05) is 36.4 Å². The van der Waals surface area contributed by atoms with Gasteiger partial charge >= 0.3 is 12.4 Å². The molecule has 15 heteroatoms. The van der Waals surface area contributed by atoms with E-state index >= 15 is 0 Å². The van der Waals surface area contributed by atoms with Gasteiger partial charge in [-0.2, -0.15) is 31.4 Å². The van der Waals surface area contributed by atoms with Crippen LogP contribution >= 0.6 is 11.8 Å². The van der Waals surface area contributed by atoms with Crippen molar-refractivity contribution in [1.82, 2.24) is 15.1 Å². The molecular formula is C33H25F6N5O3S. The Morgan fingerprint density at radius 1 is 0.979 bits per heavy atom. The molecule has 0 bridgehead atoms. The predicted octanol–water partition coefficient (Wildman–Crippen LogP) is 6.46. The number of fused-ring (bicyclic) bond motifs is 3. The molecule has 3 amide bonds. The van der Waals surface area contributed by atoms with Crippen LogP contribution in [0.25, 0.3) is 5.69 Å². The lowest BCUT2D eigenvalue weighted by Gasteiger charge is -2.36. The van der Waals surface area contributed by atoms with Gasteiger partial charge in [-0.05, 0) is 55.0 Å². The average Bonchev–Trinajstić information content (AvgIpc) is 3.55. The van der Waals surface area contributed by atoms with Crippen molar-refractivity contribution in [3.05, 3.63) is 119 Å². The van der Waals surface area contributed by atoms with Crippen LogP contribution in [0.15, 0.2) is 97.2 Å². The fourth-order valence-corrected chi connectivity index (χ4v) is 7.44. The number of halogens is 6. The fraction of sp³-hybridized carbons (Fsp3) is 0.212. The van der Waals surface area contributed by atoms with Crippen LogP contribution in [0.2, 0.25) is 0 Å². The zero-order valence-electron chi connectivity index (χ0n) is 25.1. The zero-order chi connectivity index (χ0) is 34.6. The Kier molecular flexibility index (Phi) is 7.93. The fourth-order valence-electron chi connectivity index (χ4n) is 5.82. The number of hydrogen-bond acceptors (Lipinski definition) is 5. The lowest BCUT2D eigenvalue weighted by atomic mass is 9.82. The van der Waals surface area contributed by atoms with Gasteiger partial charge in [0.1, 0.15) is 10.6 Å². The minimum Gasteiger partial charge on any atom is -0.328 e. The molecule has 2 aliphatic rings. The number of hydrogen-bond donors (Lipinski definition) is 1. The maximum atomic E-state index is 14.5. The molecule has 248 valence electrons. The van der Waals surface area contributed by atoms with Gasteiger partial charge in [0.05, 0.1) is 17.4 Å². The molecule has 0 spiro atoms. The molecule has 6 rings (SSSR count). The second-order valence-electron chi connectivity index (χ2n) is 11.0. The highest BCUT2D eigenvalue weighted by molar-refractivity contribution is 8.10. The van der Waals surface area contributed by atoms with Crippen LogP contribution in [0.5, 0.6) is 0 Å². The third-order valence-corrected chi connectivity index (χ3v) is 9.88. The van der Waals surface area contributed by atoms with E-state index in [1.54, 1.807) is 48.0 Å². The van der Waals surface area contributed by atoms with Crippen LogP contribution in [-0.2, 0) is 20.5 Å². The number of nitrogens with one attached hydrogen (secondary N) is 1. The third-order valence-electron chi connectivity index (χ3n) is 8.13. The summed E-state index contributed by atoms with van der Waals surface area (Å²) in [6.07, 6.45) is -7.67. The summed E-state index contributed by atoms with van der Waals surface area (Å²) in [4.78, 5) is 41.5. The number of para-hydroxylation sites is 1. The summed E-state index contributed by atoms with van der Waals surface area (Å²) in [7, 11) is 1.28. The standard InChI is InChI=1S/C33H25F6N5O3S/c1-3-43-28-25(19-40-44(28)23-12-5-4-6-13-23)31(21-10-8-14-24(18-21)42(2)26(45)15-16-30(34,35)36)32(48-31,29(43)47)41-27(46)20-9-7-11-22(17-20)33(37,38)39/h4-19H,3H2,1-2H3,(H,41,46)/b16-15+/t31-,32-/m0/s1. The van der Waals surface area contributed by atoms with Crippen molar-refractivity contribution in [2.24, 2.45) is 0 Å². The van der Waals surface area contributed by atoms with Crippen LogP contribution in [0.4, 0.5) is 37.8 Å². The number of benzene rings is 3. The quantitative estimate of drug-likeness (QED) is 0.137. The number of amides is 3. The van der Waals surface area contributed by atoms with Crippen molar-refractivity contribution in [2.45, 2.75) is 28.9 Å². The van der Waals surface area contributed by atoms with E-state index in [1.807, 2.05) is 6.07 Å². The summed E-state index contributed by atoms with van der Waals surface area (Å²) in [5, 5.41) is 7.31. The number of nitrogens with zero attached hydrogens (tertiary/aromatic N) is 4. The van der Waals surface area contributed by atoms with Crippen molar-refractivity contribution >= 4 is 41.0 Å². The number of anilines is 2. The number of thioether (sulfide) groups is 1. The number of aromatic nitrogens is 2. The van der Waals surface area contributed by atoms with E-state index in [-0.39, 0.29) is 23.9 Å². The number of carbonyl (C=O) groups excluding carboxylic acids is 3. The molecule has 8 nitrogen and oxygen atoms in total. The van der Waals surface area contributed by atoms with Gasteiger partial charge in [-0.15, -0.1) is 11.8 Å². The van der Waals surface area contributed by atoms with E-state index in [0.717, 1.165) is 28.8 Å². The van der Waals surface area contributed by atoms with Gasteiger partial charge in [0.2, 0.25) is 0 Å². The molecule has 1 aromatic heterocycles. The van der Waals surface area contributed by atoms with E-state index < -0.39 is 45.3 Å². The molecular weight excluding hydrogens is 660 g/mol. The monoisotopic (exact) mass is 685 g/mol. The van der Waals surface area contributed by atoms with Crippen LogP contribution in [0, 0.1) is 0 Å². The Labute approximate surface area is 274 Å². The van der Waals surface area contributed by atoms with E-state index in [2.05, 4.69) is 10.4 Å². The lowest BCUT2D eigenvalue weighted by molar-refractivity contribution is -0.137. The Morgan fingerprint density at radius 3 is 2.35 bits per heavy atom. The molecule has 3 aromatic carbocycles. The molecule has 0 aliphatic carbocycles. The van der Waals surface area contributed by atoms with Crippen molar-refractivity contribution in [2.75, 3.05) is 23.4 Å². The maximum absolute atomic E-state index is 14.5. The maximum Gasteiger partial charge on any atom is 0.416 e. The highest BCUT2D eigenvalue weighted by atomic mass is 32.2. The minimum atomic E-state index is -4.72. The summed E-state index contributed by atoms with van der Waals surface area (Å²) in [5.41, 5.74) is 0.335. The topological polar surface area (TPSA) is 87.5 Å². The number of alkyl halides is 6. The highest BCUT2D eigenvalue weighted by Crippen LogP contribution is 2.76. The summed E-state index contributed by atoms with van der Waals surface area (Å²) < 4.78 is 79.0. The van der Waals surface area contributed by atoms with Crippen molar-refractivity contribution in [3.63, 3.8) is 0 Å². The SMILES string of the molecule is CCN1C(=O)[C@]2(NC(=O)c3cccc(C(F)(F)F)c3)S[C@@]2(c2cccc(N(C)C(=O)/C=C/C(F)(F)F)c2)c2cnn(-c3ccccc3)c21. The summed E-state index contributed by atoms with van der Waals surface area (Å²) >= 11 is 1.04. The van der Waals surface area contributed by atoms with E-state index in [4.69, 9.17) is 0 Å².